The molecule has 0 heterocycles. The molecule has 2 saturated carbocycles. The number of hydrogen-bond acceptors (Lipinski definition) is 3. The first-order chi connectivity index (χ1) is 8.31. The van der Waals surface area contributed by atoms with Crippen LogP contribution in [-0.4, -0.2) is 13.9 Å². The quantitative estimate of drug-likeness (QED) is 0.577. The zero-order valence-electron chi connectivity index (χ0n) is 9.53. The number of fused-ring (bicyclic) bond motifs is 3. The van der Waals surface area contributed by atoms with Gasteiger partial charge in [-0.05, 0) is 36.7 Å². The second-order valence-corrected chi connectivity index (χ2v) is 6.78. The average molecular weight is 282 g/mol. The Hall–Kier alpha value is -0.720. The van der Waals surface area contributed by atoms with Crippen LogP contribution in [-0.2, 0) is 14.3 Å². The van der Waals surface area contributed by atoms with Crippen molar-refractivity contribution in [3.63, 3.8) is 0 Å². The lowest BCUT2D eigenvalue weighted by Crippen LogP contribution is -2.28. The number of hydrogen-bond donors (Lipinski definition) is 0. The lowest BCUT2D eigenvalue weighted by atomic mass is 9.78. The van der Waals surface area contributed by atoms with Gasteiger partial charge < -0.3 is 4.18 Å². The van der Waals surface area contributed by atoms with E-state index < -0.39 is 15.6 Å². The minimum Gasteiger partial charge on any atom is -0.380 e. The van der Waals surface area contributed by atoms with Crippen LogP contribution in [0.1, 0.15) is 32.1 Å². The molecule has 3 atom stereocenters. The summed E-state index contributed by atoms with van der Waals surface area (Å²) >= 11 is 0. The van der Waals surface area contributed by atoms with Gasteiger partial charge in [0, 0.05) is 5.92 Å². The smallest absolute Gasteiger partial charge is 0.380 e. The van der Waals surface area contributed by atoms with Crippen LogP contribution in [0.5, 0.6) is 0 Å². The Balaban J connectivity index is 1.84. The van der Waals surface area contributed by atoms with Gasteiger partial charge in [0.05, 0.1) is 0 Å². The molecule has 2 fully saturated rings. The minimum absolute atomic E-state index is 0.107. The van der Waals surface area contributed by atoms with E-state index in [0.717, 1.165) is 31.3 Å². The van der Waals surface area contributed by atoms with E-state index in [1.165, 1.54) is 0 Å². The number of alkyl halides is 3. The van der Waals surface area contributed by atoms with Gasteiger partial charge in [0.25, 0.3) is 0 Å². The van der Waals surface area contributed by atoms with Crippen LogP contribution in [0.25, 0.3) is 0 Å². The van der Waals surface area contributed by atoms with Crippen LogP contribution in [0.15, 0.2) is 11.3 Å². The molecule has 0 bridgehead atoms. The molecule has 0 spiro atoms. The summed E-state index contributed by atoms with van der Waals surface area (Å²) in [5, 5.41) is 0. The second-order valence-electron chi connectivity index (χ2n) is 5.24. The standard InChI is InChI=1S/C11H13F3O3S/c12-11(13,14)18(15,16)17-10-7-4-2-1-3-6(7)8-5-9(8)10/h6-8H,1-5H2/t6?,7-,8?/m0/s1. The van der Waals surface area contributed by atoms with E-state index in [0.29, 0.717) is 12.3 Å². The topological polar surface area (TPSA) is 43.4 Å². The largest absolute Gasteiger partial charge is 0.534 e. The van der Waals surface area contributed by atoms with Gasteiger partial charge in [-0.1, -0.05) is 12.8 Å². The highest BCUT2D eigenvalue weighted by Crippen LogP contribution is 2.62. The van der Waals surface area contributed by atoms with Crippen molar-refractivity contribution in [3.05, 3.63) is 11.3 Å². The van der Waals surface area contributed by atoms with Crippen LogP contribution >= 0.6 is 0 Å². The van der Waals surface area contributed by atoms with E-state index >= 15 is 0 Å². The molecule has 0 N–H and O–H groups in total. The third-order valence-electron chi connectivity index (χ3n) is 4.20. The van der Waals surface area contributed by atoms with Gasteiger partial charge in [0.1, 0.15) is 5.76 Å². The Kier molecular flexibility index (Phi) is 2.50. The fourth-order valence-corrected chi connectivity index (χ4v) is 3.92. The molecule has 3 rings (SSSR count). The molecule has 0 radical (unpaired) electrons. The maximum Gasteiger partial charge on any atom is 0.534 e. The van der Waals surface area contributed by atoms with E-state index in [1.807, 2.05) is 0 Å². The lowest BCUT2D eigenvalue weighted by Gasteiger charge is -2.29. The molecule has 18 heavy (non-hydrogen) atoms. The van der Waals surface area contributed by atoms with Gasteiger partial charge in [0.2, 0.25) is 0 Å². The van der Waals surface area contributed by atoms with Crippen molar-refractivity contribution in [1.29, 1.82) is 0 Å². The van der Waals surface area contributed by atoms with E-state index in [1.54, 1.807) is 0 Å². The monoisotopic (exact) mass is 282 g/mol. The van der Waals surface area contributed by atoms with Crippen molar-refractivity contribution in [3.8, 4) is 0 Å². The Morgan fingerprint density at radius 3 is 2.44 bits per heavy atom. The van der Waals surface area contributed by atoms with E-state index in [2.05, 4.69) is 4.18 Å². The van der Waals surface area contributed by atoms with Crippen LogP contribution in [0.4, 0.5) is 13.2 Å². The summed E-state index contributed by atoms with van der Waals surface area (Å²) in [6.07, 6.45) is 4.43. The van der Waals surface area contributed by atoms with Gasteiger partial charge in [0.15, 0.2) is 0 Å². The summed E-state index contributed by atoms with van der Waals surface area (Å²) in [7, 11) is -5.50. The minimum atomic E-state index is -5.50. The molecule has 3 nitrogen and oxygen atoms in total. The SMILES string of the molecule is O=S(=O)(OC1=C2CC2C2CCCC[C@H]12)C(F)(F)F. The molecular weight excluding hydrogens is 269 g/mol. The van der Waals surface area contributed by atoms with Crippen molar-refractivity contribution < 1.29 is 25.8 Å². The van der Waals surface area contributed by atoms with Crippen molar-refractivity contribution >= 4 is 10.1 Å². The molecule has 0 aromatic rings. The second kappa shape index (κ2) is 3.65. The highest BCUT2D eigenvalue weighted by molar-refractivity contribution is 7.87. The van der Waals surface area contributed by atoms with Crippen LogP contribution in [0.2, 0.25) is 0 Å². The molecule has 0 aromatic carbocycles. The number of halogens is 3. The first-order valence-corrected chi connectivity index (χ1v) is 7.46. The molecular formula is C11H13F3O3S. The summed E-state index contributed by atoms with van der Waals surface area (Å²) in [6.45, 7) is 0. The molecule has 102 valence electrons. The first-order valence-electron chi connectivity index (χ1n) is 6.05. The van der Waals surface area contributed by atoms with Crippen LogP contribution in [0, 0.1) is 17.8 Å². The first kappa shape index (κ1) is 12.3. The predicted molar refractivity (Wildman–Crippen MR) is 56.6 cm³/mol. The molecule has 3 aliphatic carbocycles. The van der Waals surface area contributed by atoms with Crippen molar-refractivity contribution in [1.82, 2.24) is 0 Å². The Bertz CT molecular complexity index is 506. The van der Waals surface area contributed by atoms with E-state index in [-0.39, 0.29) is 17.6 Å². The van der Waals surface area contributed by atoms with Crippen LogP contribution < -0.4 is 0 Å². The van der Waals surface area contributed by atoms with Crippen LogP contribution in [0.3, 0.4) is 0 Å². The lowest BCUT2D eigenvalue weighted by molar-refractivity contribution is -0.0529. The van der Waals surface area contributed by atoms with Gasteiger partial charge in [-0.25, -0.2) is 0 Å². The molecule has 0 aliphatic heterocycles. The van der Waals surface area contributed by atoms with Gasteiger partial charge in [-0.3, -0.25) is 0 Å². The molecule has 3 aliphatic rings. The molecule has 0 amide bonds. The zero-order chi connectivity index (χ0) is 13.1. The fraction of sp³-hybridized carbons (Fsp3) is 0.818. The molecule has 7 heteroatoms. The highest BCUT2D eigenvalue weighted by Gasteiger charge is 2.57. The highest BCUT2D eigenvalue weighted by atomic mass is 32.2. The summed E-state index contributed by atoms with van der Waals surface area (Å²) in [6, 6.07) is 0. The van der Waals surface area contributed by atoms with E-state index in [4.69, 9.17) is 0 Å². The van der Waals surface area contributed by atoms with Crippen molar-refractivity contribution in [2.45, 2.75) is 37.6 Å². The summed E-state index contributed by atoms with van der Waals surface area (Å²) in [5.41, 5.74) is -4.53. The Labute approximate surface area is 103 Å². The summed E-state index contributed by atoms with van der Waals surface area (Å²) < 4.78 is 63.5. The third-order valence-corrected chi connectivity index (χ3v) is 5.17. The average Bonchev–Trinajstić information content (AvgIpc) is 2.99. The number of allylic oxidation sites excluding steroid dienone is 2. The third kappa shape index (κ3) is 1.74. The zero-order valence-corrected chi connectivity index (χ0v) is 10.4. The van der Waals surface area contributed by atoms with Crippen molar-refractivity contribution in [2.24, 2.45) is 17.8 Å². The van der Waals surface area contributed by atoms with Gasteiger partial charge in [-0.15, -0.1) is 0 Å². The van der Waals surface area contributed by atoms with Gasteiger partial charge in [-0.2, -0.15) is 21.6 Å². The fourth-order valence-electron chi connectivity index (χ4n) is 3.36. The molecule has 0 saturated heterocycles. The van der Waals surface area contributed by atoms with Crippen molar-refractivity contribution in [2.75, 3.05) is 0 Å². The Morgan fingerprint density at radius 2 is 1.78 bits per heavy atom. The molecule has 0 aromatic heterocycles. The predicted octanol–water partition coefficient (Wildman–Crippen LogP) is 2.95. The number of rotatable bonds is 2. The maximum atomic E-state index is 12.3. The Morgan fingerprint density at radius 1 is 1.11 bits per heavy atom. The summed E-state index contributed by atoms with van der Waals surface area (Å²) in [5.74, 6) is 0.604. The molecule has 2 unspecified atom stereocenters. The van der Waals surface area contributed by atoms with E-state index in [9.17, 15) is 21.6 Å². The maximum absolute atomic E-state index is 12.3. The van der Waals surface area contributed by atoms with Gasteiger partial charge >= 0.3 is 15.6 Å². The summed E-state index contributed by atoms with van der Waals surface area (Å²) in [4.78, 5) is 0. The normalized spacial score (nSPS) is 35.2.